The highest BCUT2D eigenvalue weighted by molar-refractivity contribution is 7.89. The normalized spacial score (nSPS) is 15.5. The minimum atomic E-state index is -3.65. The van der Waals surface area contributed by atoms with Crippen LogP contribution in [-0.4, -0.2) is 61.7 Å². The highest BCUT2D eigenvalue weighted by Gasteiger charge is 2.33. The number of amides is 2. The van der Waals surface area contributed by atoms with E-state index in [2.05, 4.69) is 5.32 Å². The Labute approximate surface area is 205 Å². The van der Waals surface area contributed by atoms with Crippen LogP contribution in [0, 0.1) is 13.8 Å². The molecule has 184 valence electrons. The van der Waals surface area contributed by atoms with Gasteiger partial charge in [0.1, 0.15) is 6.04 Å². The molecule has 1 N–H and O–H groups in total. The summed E-state index contributed by atoms with van der Waals surface area (Å²) < 4.78 is 32.9. The number of carbonyl (C=O) groups excluding carboxylic acids is 2. The number of carbonyl (C=O) groups is 2. The van der Waals surface area contributed by atoms with Crippen molar-refractivity contribution in [1.82, 2.24) is 14.5 Å². The summed E-state index contributed by atoms with van der Waals surface area (Å²) in [5, 5.41) is 2.79. The van der Waals surface area contributed by atoms with Gasteiger partial charge in [-0.2, -0.15) is 4.31 Å². The van der Waals surface area contributed by atoms with E-state index in [9.17, 15) is 18.0 Å². The number of rotatable bonds is 7. The van der Waals surface area contributed by atoms with Crippen molar-refractivity contribution in [2.45, 2.75) is 31.2 Å². The number of nitrogens with one attached hydrogen (secondary N) is 1. The van der Waals surface area contributed by atoms with Crippen LogP contribution in [0.4, 0.5) is 0 Å². The molecule has 1 atom stereocenters. The Bertz CT molecular complexity index is 1280. The number of piperazine rings is 1. The Morgan fingerprint density at radius 3 is 2.29 bits per heavy atom. The zero-order valence-corrected chi connectivity index (χ0v) is 20.6. The lowest BCUT2D eigenvalue weighted by Gasteiger charge is -2.36. The van der Waals surface area contributed by atoms with E-state index in [-0.39, 0.29) is 42.7 Å². The van der Waals surface area contributed by atoms with E-state index in [4.69, 9.17) is 4.42 Å². The molecule has 1 saturated heterocycles. The smallest absolute Gasteiger partial charge is 0.287 e. The maximum atomic E-state index is 13.4. The van der Waals surface area contributed by atoms with E-state index in [1.165, 1.54) is 16.6 Å². The molecular formula is C26H29N3O5S. The van der Waals surface area contributed by atoms with E-state index in [0.29, 0.717) is 6.42 Å². The van der Waals surface area contributed by atoms with Crippen molar-refractivity contribution in [2.24, 2.45) is 0 Å². The minimum Gasteiger partial charge on any atom is -0.459 e. The fraction of sp³-hybridized carbons (Fsp3) is 0.308. The van der Waals surface area contributed by atoms with E-state index in [1.54, 1.807) is 29.2 Å². The van der Waals surface area contributed by atoms with Crippen LogP contribution in [0.2, 0.25) is 0 Å². The second kappa shape index (κ2) is 10.5. The summed E-state index contributed by atoms with van der Waals surface area (Å²) in [6, 6.07) is 16.9. The van der Waals surface area contributed by atoms with Gasteiger partial charge < -0.3 is 14.6 Å². The molecule has 1 aliphatic heterocycles. The van der Waals surface area contributed by atoms with Gasteiger partial charge in [0.15, 0.2) is 5.76 Å². The van der Waals surface area contributed by atoms with Crippen molar-refractivity contribution in [1.29, 1.82) is 0 Å². The van der Waals surface area contributed by atoms with E-state index < -0.39 is 22.0 Å². The third kappa shape index (κ3) is 5.63. The molecule has 0 radical (unpaired) electrons. The van der Waals surface area contributed by atoms with Gasteiger partial charge in [-0.15, -0.1) is 0 Å². The molecule has 1 aliphatic rings. The first kappa shape index (κ1) is 24.7. The predicted octanol–water partition coefficient (Wildman–Crippen LogP) is 2.77. The van der Waals surface area contributed by atoms with Crippen LogP contribution in [0.5, 0.6) is 0 Å². The average molecular weight is 496 g/mol. The van der Waals surface area contributed by atoms with Crippen molar-refractivity contribution in [2.75, 3.05) is 26.2 Å². The van der Waals surface area contributed by atoms with Crippen LogP contribution in [0.1, 0.15) is 27.2 Å². The van der Waals surface area contributed by atoms with Crippen molar-refractivity contribution >= 4 is 21.8 Å². The van der Waals surface area contributed by atoms with Crippen LogP contribution >= 0.6 is 0 Å². The molecule has 2 aromatic carbocycles. The number of hydrogen-bond donors (Lipinski definition) is 1. The fourth-order valence-electron chi connectivity index (χ4n) is 4.08. The molecule has 0 aliphatic carbocycles. The van der Waals surface area contributed by atoms with Gasteiger partial charge in [-0.3, -0.25) is 9.59 Å². The Morgan fingerprint density at radius 1 is 0.943 bits per heavy atom. The summed E-state index contributed by atoms with van der Waals surface area (Å²) in [5.74, 6) is -0.600. The topological polar surface area (TPSA) is 99.9 Å². The van der Waals surface area contributed by atoms with Crippen molar-refractivity contribution in [3.63, 3.8) is 0 Å². The molecule has 4 rings (SSSR count). The fourth-order valence-corrected chi connectivity index (χ4v) is 5.59. The van der Waals surface area contributed by atoms with E-state index in [0.717, 1.165) is 16.7 Å². The van der Waals surface area contributed by atoms with Crippen molar-refractivity contribution in [3.05, 3.63) is 89.4 Å². The molecule has 0 saturated carbocycles. The summed E-state index contributed by atoms with van der Waals surface area (Å²) in [5.41, 5.74) is 2.85. The van der Waals surface area contributed by atoms with Gasteiger partial charge in [0.05, 0.1) is 11.2 Å². The Hall–Kier alpha value is -3.43. The van der Waals surface area contributed by atoms with Gasteiger partial charge in [-0.05, 0) is 54.8 Å². The molecule has 1 aromatic heterocycles. The highest BCUT2D eigenvalue weighted by Crippen LogP contribution is 2.21. The summed E-state index contributed by atoms with van der Waals surface area (Å²) >= 11 is 0. The molecule has 9 heteroatoms. The minimum absolute atomic E-state index is 0.125. The first-order valence-electron chi connectivity index (χ1n) is 11.5. The predicted molar refractivity (Wildman–Crippen MR) is 131 cm³/mol. The van der Waals surface area contributed by atoms with Crippen LogP contribution in [0.3, 0.4) is 0 Å². The lowest BCUT2D eigenvalue weighted by atomic mass is 10.0. The molecule has 1 fully saturated rings. The van der Waals surface area contributed by atoms with Crippen LogP contribution in [0.25, 0.3) is 0 Å². The number of furan rings is 1. The zero-order valence-electron chi connectivity index (χ0n) is 19.8. The number of hydrogen-bond acceptors (Lipinski definition) is 5. The highest BCUT2D eigenvalue weighted by atomic mass is 32.2. The maximum absolute atomic E-state index is 13.4. The summed E-state index contributed by atoms with van der Waals surface area (Å²) in [7, 11) is -3.65. The van der Waals surface area contributed by atoms with Gasteiger partial charge in [-0.1, -0.05) is 36.4 Å². The van der Waals surface area contributed by atoms with Crippen molar-refractivity contribution < 1.29 is 22.4 Å². The molecule has 35 heavy (non-hydrogen) atoms. The molecular weight excluding hydrogens is 466 g/mol. The molecule has 3 aromatic rings. The van der Waals surface area contributed by atoms with Crippen LogP contribution in [0.15, 0.2) is 76.2 Å². The van der Waals surface area contributed by atoms with Gasteiger partial charge in [0.25, 0.3) is 5.91 Å². The summed E-state index contributed by atoms with van der Waals surface area (Å²) in [6.07, 6.45) is 1.71. The second-order valence-corrected chi connectivity index (χ2v) is 10.6. The molecule has 2 amide bonds. The Balaban J connectivity index is 1.46. The third-order valence-corrected chi connectivity index (χ3v) is 8.19. The first-order chi connectivity index (χ1) is 16.8. The number of sulfonamides is 1. The molecule has 0 bridgehead atoms. The van der Waals surface area contributed by atoms with Crippen molar-refractivity contribution in [3.8, 4) is 0 Å². The van der Waals surface area contributed by atoms with Gasteiger partial charge in [-0.25, -0.2) is 8.42 Å². The Kier molecular flexibility index (Phi) is 7.37. The lowest BCUT2D eigenvalue weighted by Crippen LogP contribution is -2.56. The number of benzene rings is 2. The van der Waals surface area contributed by atoms with E-state index in [1.807, 2.05) is 44.2 Å². The first-order valence-corrected chi connectivity index (χ1v) is 12.9. The van der Waals surface area contributed by atoms with Gasteiger partial charge in [0, 0.05) is 32.6 Å². The van der Waals surface area contributed by atoms with Crippen LogP contribution in [-0.2, 0) is 21.2 Å². The van der Waals surface area contributed by atoms with Crippen LogP contribution < -0.4 is 5.32 Å². The van der Waals surface area contributed by atoms with Gasteiger partial charge >= 0.3 is 0 Å². The van der Waals surface area contributed by atoms with E-state index >= 15 is 0 Å². The summed E-state index contributed by atoms with van der Waals surface area (Å²) in [4.78, 5) is 27.9. The molecule has 8 nitrogen and oxygen atoms in total. The second-order valence-electron chi connectivity index (χ2n) is 8.67. The number of nitrogens with zero attached hydrogens (tertiary/aromatic N) is 2. The maximum Gasteiger partial charge on any atom is 0.287 e. The Morgan fingerprint density at radius 2 is 1.66 bits per heavy atom. The third-order valence-electron chi connectivity index (χ3n) is 6.30. The quantitative estimate of drug-likeness (QED) is 0.543. The number of aryl methyl sites for hydroxylation is 2. The largest absolute Gasteiger partial charge is 0.459 e. The van der Waals surface area contributed by atoms with Gasteiger partial charge in [0.2, 0.25) is 15.9 Å². The SMILES string of the molecule is Cc1ccc(S(=O)(=O)N2CCN(C(=O)[C@@H](Cc3ccccc3)NC(=O)c3ccco3)CC2)cc1C. The lowest BCUT2D eigenvalue weighted by molar-refractivity contribution is -0.134. The molecule has 2 heterocycles. The average Bonchev–Trinajstić information content (AvgIpc) is 3.41. The molecule has 0 spiro atoms. The monoisotopic (exact) mass is 495 g/mol. The standard InChI is InChI=1S/C26H29N3O5S/c1-19-10-11-22(17-20(19)2)35(32,33)29-14-12-28(13-15-29)26(31)23(18-21-7-4-3-5-8-21)27-25(30)24-9-6-16-34-24/h3-11,16-17,23H,12-15,18H2,1-2H3,(H,27,30)/t23-/m1/s1. The summed E-state index contributed by atoms with van der Waals surface area (Å²) in [6.45, 7) is 4.67. The zero-order chi connectivity index (χ0) is 25.0. The molecule has 0 unspecified atom stereocenters.